The zero-order chi connectivity index (χ0) is 19.5. The normalized spacial score (nSPS) is 19.0. The molecule has 0 radical (unpaired) electrons. The van der Waals surface area contributed by atoms with Gasteiger partial charge in [0, 0.05) is 29.7 Å². The van der Waals surface area contributed by atoms with Crippen LogP contribution in [0.1, 0.15) is 42.5 Å². The molecule has 2 aromatic rings. The van der Waals surface area contributed by atoms with Crippen LogP contribution in [0.3, 0.4) is 0 Å². The smallest absolute Gasteiger partial charge is 0.345 e. The molecule has 4 rings (SSSR count). The number of likely N-dealkylation sites (tertiary alicyclic amines) is 1. The summed E-state index contributed by atoms with van der Waals surface area (Å²) in [6.07, 6.45) is 6.09. The lowest BCUT2D eigenvalue weighted by molar-refractivity contribution is 0.0601. The molecule has 0 atom stereocenters. The van der Waals surface area contributed by atoms with Crippen molar-refractivity contribution in [2.24, 2.45) is 0 Å². The van der Waals surface area contributed by atoms with Crippen molar-refractivity contribution in [3.8, 4) is 11.3 Å². The molecule has 7 heteroatoms. The first-order chi connectivity index (χ1) is 13.7. The Morgan fingerprint density at radius 1 is 1.11 bits per heavy atom. The van der Waals surface area contributed by atoms with Gasteiger partial charge in [-0.05, 0) is 50.9 Å². The fourth-order valence-corrected chi connectivity index (χ4v) is 4.43. The molecule has 0 bridgehead atoms. The number of nitrogens with zero attached hydrogens (tertiary/aromatic N) is 3. The van der Waals surface area contributed by atoms with Crippen molar-refractivity contribution in [2.75, 3.05) is 38.2 Å². The molecule has 0 N–H and O–H groups in total. The first-order valence-electron chi connectivity index (χ1n) is 10.0. The summed E-state index contributed by atoms with van der Waals surface area (Å²) in [6, 6.07) is 7.84. The average Bonchev–Trinajstić information content (AvgIpc) is 3.19. The fourth-order valence-electron chi connectivity index (χ4n) is 4.31. The maximum Gasteiger partial charge on any atom is 0.345 e. The van der Waals surface area contributed by atoms with Gasteiger partial charge < -0.3 is 19.1 Å². The Bertz CT molecular complexity index is 807. The van der Waals surface area contributed by atoms with E-state index in [-0.39, 0.29) is 0 Å². The summed E-state index contributed by atoms with van der Waals surface area (Å²) >= 11 is 5.99. The molecule has 3 heterocycles. The van der Waals surface area contributed by atoms with Gasteiger partial charge in [0.05, 0.1) is 7.11 Å². The number of benzene rings is 1. The highest BCUT2D eigenvalue weighted by Gasteiger charge is 2.32. The third kappa shape index (κ3) is 3.89. The van der Waals surface area contributed by atoms with Crippen molar-refractivity contribution in [2.45, 2.75) is 38.1 Å². The average molecular weight is 404 g/mol. The minimum atomic E-state index is -0.431. The number of ether oxygens (including phenoxy) is 1. The second-order valence-corrected chi connectivity index (χ2v) is 7.96. The molecule has 150 valence electrons. The number of hydrogen-bond acceptors (Lipinski definition) is 6. The summed E-state index contributed by atoms with van der Waals surface area (Å²) in [7, 11) is 1.38. The second kappa shape index (κ2) is 8.53. The lowest BCUT2D eigenvalue weighted by Gasteiger charge is -2.40. The molecular weight excluding hydrogens is 378 g/mol. The van der Waals surface area contributed by atoms with Crippen LogP contribution in [0.4, 0.5) is 5.88 Å². The third-order valence-electron chi connectivity index (χ3n) is 5.84. The van der Waals surface area contributed by atoms with Crippen LogP contribution in [-0.4, -0.2) is 55.4 Å². The van der Waals surface area contributed by atoms with Gasteiger partial charge in [-0.1, -0.05) is 35.3 Å². The van der Waals surface area contributed by atoms with Crippen molar-refractivity contribution in [1.82, 2.24) is 10.1 Å². The molecule has 2 aliphatic rings. The quantitative estimate of drug-likeness (QED) is 0.712. The minimum absolute atomic E-state index is 0.390. The zero-order valence-corrected chi connectivity index (χ0v) is 17.0. The SMILES string of the molecule is COC(=O)c1c(-c2ccc(Cl)cc2)noc1N1CCC(N2CCCCC2)CC1. The molecule has 2 saturated heterocycles. The Morgan fingerprint density at radius 2 is 1.79 bits per heavy atom. The van der Waals surface area contributed by atoms with Crippen molar-refractivity contribution >= 4 is 23.5 Å². The molecule has 0 spiro atoms. The fraction of sp³-hybridized carbons (Fsp3) is 0.524. The van der Waals surface area contributed by atoms with Gasteiger partial charge in [-0.3, -0.25) is 0 Å². The third-order valence-corrected chi connectivity index (χ3v) is 6.09. The minimum Gasteiger partial charge on any atom is -0.465 e. The van der Waals surface area contributed by atoms with Gasteiger partial charge >= 0.3 is 5.97 Å². The highest BCUT2D eigenvalue weighted by molar-refractivity contribution is 6.30. The van der Waals surface area contributed by atoms with E-state index in [1.807, 2.05) is 12.1 Å². The van der Waals surface area contributed by atoms with Gasteiger partial charge in [0.1, 0.15) is 5.69 Å². The monoisotopic (exact) mass is 403 g/mol. The van der Waals surface area contributed by atoms with E-state index in [1.54, 1.807) is 12.1 Å². The van der Waals surface area contributed by atoms with E-state index in [1.165, 1.54) is 39.5 Å². The first-order valence-corrected chi connectivity index (χ1v) is 10.4. The number of aromatic nitrogens is 1. The molecule has 28 heavy (non-hydrogen) atoms. The van der Waals surface area contributed by atoms with E-state index in [0.29, 0.717) is 28.2 Å². The number of halogens is 1. The highest BCUT2D eigenvalue weighted by atomic mass is 35.5. The van der Waals surface area contributed by atoms with Crippen LogP contribution < -0.4 is 4.90 Å². The number of carbonyl (C=O) groups is 1. The number of rotatable bonds is 4. The molecule has 0 saturated carbocycles. The van der Waals surface area contributed by atoms with Gasteiger partial charge in [0.15, 0.2) is 5.56 Å². The molecule has 1 aromatic carbocycles. The number of hydrogen-bond donors (Lipinski definition) is 0. The highest BCUT2D eigenvalue weighted by Crippen LogP contribution is 2.34. The van der Waals surface area contributed by atoms with Crippen molar-refractivity contribution in [3.05, 3.63) is 34.9 Å². The largest absolute Gasteiger partial charge is 0.465 e. The molecule has 2 aliphatic heterocycles. The second-order valence-electron chi connectivity index (χ2n) is 7.52. The van der Waals surface area contributed by atoms with Crippen molar-refractivity contribution in [3.63, 3.8) is 0 Å². The van der Waals surface area contributed by atoms with Crippen molar-refractivity contribution in [1.29, 1.82) is 0 Å². The van der Waals surface area contributed by atoms with E-state index in [0.717, 1.165) is 31.5 Å². The van der Waals surface area contributed by atoms with Crippen LogP contribution in [0.15, 0.2) is 28.8 Å². The molecular formula is C21H26ClN3O3. The Kier molecular flexibility index (Phi) is 5.87. The van der Waals surface area contributed by atoms with E-state index in [9.17, 15) is 4.79 Å². The van der Waals surface area contributed by atoms with Crippen LogP contribution in [0.2, 0.25) is 5.02 Å². The van der Waals surface area contributed by atoms with Crippen LogP contribution in [-0.2, 0) is 4.74 Å². The lowest BCUT2D eigenvalue weighted by atomic mass is 9.99. The Balaban J connectivity index is 1.54. The molecule has 0 amide bonds. The lowest BCUT2D eigenvalue weighted by Crippen LogP contribution is -2.46. The van der Waals surface area contributed by atoms with E-state index in [2.05, 4.69) is 15.0 Å². The summed E-state index contributed by atoms with van der Waals surface area (Å²) in [5.74, 6) is 0.0771. The number of esters is 1. The molecule has 2 fully saturated rings. The van der Waals surface area contributed by atoms with E-state index < -0.39 is 5.97 Å². The first kappa shape index (κ1) is 19.3. The van der Waals surface area contributed by atoms with Crippen LogP contribution in [0, 0.1) is 0 Å². The predicted molar refractivity (Wildman–Crippen MR) is 109 cm³/mol. The summed E-state index contributed by atoms with van der Waals surface area (Å²) in [6.45, 7) is 4.11. The topological polar surface area (TPSA) is 58.8 Å². The van der Waals surface area contributed by atoms with Gasteiger partial charge in [-0.15, -0.1) is 0 Å². The Hall–Kier alpha value is -2.05. The van der Waals surface area contributed by atoms with Gasteiger partial charge in [0.2, 0.25) is 5.88 Å². The Morgan fingerprint density at radius 3 is 2.43 bits per heavy atom. The van der Waals surface area contributed by atoms with Gasteiger partial charge in [0.25, 0.3) is 0 Å². The van der Waals surface area contributed by atoms with Crippen molar-refractivity contribution < 1.29 is 14.1 Å². The summed E-state index contributed by atoms with van der Waals surface area (Å²) in [5, 5.41) is 4.83. The number of methoxy groups -OCH3 is 1. The molecule has 0 unspecified atom stereocenters. The summed E-state index contributed by atoms with van der Waals surface area (Å²) in [4.78, 5) is 17.3. The summed E-state index contributed by atoms with van der Waals surface area (Å²) < 4.78 is 10.7. The number of anilines is 1. The van der Waals surface area contributed by atoms with E-state index >= 15 is 0 Å². The van der Waals surface area contributed by atoms with Gasteiger partial charge in [-0.25, -0.2) is 4.79 Å². The molecule has 6 nitrogen and oxygen atoms in total. The number of piperidine rings is 2. The standard InChI is InChI=1S/C21H26ClN3O3/c1-27-21(26)18-19(15-5-7-16(22)8-6-15)23-28-20(18)25-13-9-17(10-14-25)24-11-3-2-4-12-24/h5-8,17H,2-4,9-14H2,1H3. The maximum atomic E-state index is 12.5. The van der Waals surface area contributed by atoms with Gasteiger partial charge in [-0.2, -0.15) is 0 Å². The summed E-state index contributed by atoms with van der Waals surface area (Å²) in [5.41, 5.74) is 1.67. The number of carbonyl (C=O) groups excluding carboxylic acids is 1. The van der Waals surface area contributed by atoms with Crippen LogP contribution in [0.25, 0.3) is 11.3 Å². The Labute approximate surface area is 170 Å². The molecule has 0 aliphatic carbocycles. The molecule has 1 aromatic heterocycles. The maximum absolute atomic E-state index is 12.5. The van der Waals surface area contributed by atoms with Crippen LogP contribution in [0.5, 0.6) is 0 Å². The van der Waals surface area contributed by atoms with Crippen LogP contribution >= 0.6 is 11.6 Å². The predicted octanol–water partition coefficient (Wildman–Crippen LogP) is 4.24. The van der Waals surface area contributed by atoms with E-state index in [4.69, 9.17) is 20.9 Å². The zero-order valence-electron chi connectivity index (χ0n) is 16.2.